The maximum atomic E-state index is 12.6. The van der Waals surface area contributed by atoms with E-state index in [2.05, 4.69) is 188 Å². The van der Waals surface area contributed by atoms with E-state index >= 15 is 0 Å². The second-order valence-electron chi connectivity index (χ2n) is 41.9. The Hall–Kier alpha value is -8.57. The van der Waals surface area contributed by atoms with Crippen LogP contribution < -0.4 is 39.9 Å². The van der Waals surface area contributed by atoms with Crippen molar-refractivity contribution in [2.45, 2.75) is 234 Å². The number of nitrogens with two attached hydrogens (primary N) is 5. The van der Waals surface area contributed by atoms with E-state index in [1.807, 2.05) is 36.4 Å². The number of aliphatic carboxylic acids is 1. The number of hydrogen-bond acceptors (Lipinski definition) is 35. The van der Waals surface area contributed by atoms with Crippen molar-refractivity contribution < 1.29 is 109 Å². The van der Waals surface area contributed by atoms with Crippen LogP contribution in [0, 0.1) is 23.7 Å². The van der Waals surface area contributed by atoms with Crippen molar-refractivity contribution in [3.8, 4) is 23.0 Å². The summed E-state index contributed by atoms with van der Waals surface area (Å²) < 4.78 is 44.0. The summed E-state index contributed by atoms with van der Waals surface area (Å²) in [5.41, 5.74) is 36.5. The lowest BCUT2D eigenvalue weighted by Gasteiger charge is -2.32. The largest absolute Gasteiger partial charge is 0.516 e. The van der Waals surface area contributed by atoms with E-state index in [0.717, 1.165) is 59.5 Å². The van der Waals surface area contributed by atoms with Crippen LogP contribution in [0.2, 0.25) is 0 Å². The van der Waals surface area contributed by atoms with Gasteiger partial charge in [-0.1, -0.05) is 108 Å². The number of nitrogen functional groups attached to an aromatic ring is 2. The van der Waals surface area contributed by atoms with E-state index in [-0.39, 0.29) is 55.6 Å². The summed E-state index contributed by atoms with van der Waals surface area (Å²) >= 11 is 3.36. The van der Waals surface area contributed by atoms with Crippen molar-refractivity contribution in [3.05, 3.63) is 178 Å². The number of carboxylic acids is 1. The fourth-order valence-electron chi connectivity index (χ4n) is 17.3. The number of ether oxygens (including phenoxy) is 7. The molecular weight excluding hydrogens is 2060 g/mol. The van der Waals surface area contributed by atoms with E-state index in [0.29, 0.717) is 134 Å². The van der Waals surface area contributed by atoms with Crippen molar-refractivity contribution in [2.75, 3.05) is 135 Å². The Morgan fingerprint density at radius 3 is 1.24 bits per heavy atom. The number of esters is 1. The number of hydrogen-bond donors (Lipinski definition) is 17. The third kappa shape index (κ3) is 35.5. The number of unbranched alkanes of at least 4 members (excludes halogenated alkanes) is 2. The average Bonchev–Trinajstić information content (AvgIpc) is 1.70. The van der Waals surface area contributed by atoms with Crippen LogP contribution in [0.25, 0.3) is 11.1 Å². The Bertz CT molecular complexity index is 5920. The van der Waals surface area contributed by atoms with Gasteiger partial charge >= 0.3 is 18.1 Å². The van der Waals surface area contributed by atoms with Crippen LogP contribution >= 0.6 is 50.4 Å². The Labute approximate surface area is 880 Å². The highest BCUT2D eigenvalue weighted by Gasteiger charge is 2.51. The number of allylic oxidation sites excluding steroid dienone is 2. The molecule has 8 aliphatic heterocycles. The van der Waals surface area contributed by atoms with E-state index in [1.165, 1.54) is 0 Å². The van der Waals surface area contributed by atoms with Gasteiger partial charge in [0.05, 0.1) is 52.4 Å². The number of aliphatic imine (C=N–C) groups is 2. The van der Waals surface area contributed by atoms with Crippen LogP contribution in [0.4, 0.5) is 16.4 Å². The summed E-state index contributed by atoms with van der Waals surface area (Å²) in [5, 5.41) is 122. The molecule has 22 atom stereocenters. The maximum absolute atomic E-state index is 12.6. The number of aromatic nitrogens is 4. The van der Waals surface area contributed by atoms with Gasteiger partial charge in [0.2, 0.25) is 11.2 Å². The molecular formula is C104H162BrN16O22P5. The molecule has 9 aliphatic rings. The number of halogens is 1. The van der Waals surface area contributed by atoms with Crippen LogP contribution in [0.3, 0.4) is 0 Å². The summed E-state index contributed by atoms with van der Waals surface area (Å²) in [5.74, 6) is 4.96. The van der Waals surface area contributed by atoms with Gasteiger partial charge in [0.25, 0.3) is 0 Å². The fourth-order valence-corrected chi connectivity index (χ4v) is 22.4. The molecule has 13 rings (SSSR count). The second kappa shape index (κ2) is 55.3. The Morgan fingerprint density at radius 1 is 0.500 bits per heavy atom. The van der Waals surface area contributed by atoms with Gasteiger partial charge < -0.3 is 138 Å². The number of aliphatic hydroxyl groups is 11. The molecule has 4 aromatic rings. The van der Waals surface area contributed by atoms with Gasteiger partial charge in [-0.2, -0.15) is 9.97 Å². The van der Waals surface area contributed by atoms with E-state index in [1.54, 1.807) is 93.8 Å². The number of carbonyl (C=O) groups excluding carboxylic acids is 2. The second-order valence-corrected chi connectivity index (χ2v) is 64.3. The van der Waals surface area contributed by atoms with Crippen molar-refractivity contribution in [1.29, 1.82) is 0 Å². The standard InChI is InChI=1S/C35H45N4O7P.C20H35N4O5P.C17H26N3O3P.C16H28N3O4P.C15H24BrN2O3P.CH4/c1-22(33(42)46-35(43)44-21-27-25-14-7-5-12-23(25)24-13-6-8-15-26(24)27)11-9-10-18-37-34-38-29(36)16-19-39(34)32-31(41)30(40)28(45-32)17-20-47(2,3)4;1-13(19(27)28)7-5-6-10-22-20-23-15(21)8-11-24(20)18-17(26)16(25)14(29-18)9-12-30(2,3)4;1-6-7-12-10-20(11(2)19-16(12)18)17-15(22)14(21)13(23-17)8-9-24(3,4)5;1-10-18-15(17)11(5-7-20)9-19(10)16-14(22)13(21)12(23-16)6-8-24(2,3)4;1-9-7-11(17)10(16)8-18(9)15-14(20)13(19)12(21-15)5-6-22(2,3)4;/h5-8,12-16,19,22,27-28,30-32,40-41H,2,9-11,17-18,20-21H2,1,3-4H3,(H2,36,37,38);8,11,13-14,16-18,25-26H,2,5-7,9-10,12H2,1,3-4H3,(H,27,28)(H2,21,22,23);10,13-15,17,21-22H,2-3,8-9H2,1,4-5H3,(H2,18,19);9,12-14,16,20-22H,1-2,5-8H2,3-4H3,(H2,17,18);7-8,12-15,19-20H,1-2,5-6,17H2,3-4H3;1H4/t22?,28-,30-,31-,32-;13?,14-,16-,17-,18-;13-,14-,15-,17-;12-,13-,14-,16-;12-,13-,14-,15-;/m11111./s1. The molecule has 44 heteroatoms. The highest BCUT2D eigenvalue weighted by Crippen LogP contribution is 2.48. The normalized spacial score (nSPS) is 27.1. The van der Waals surface area contributed by atoms with Gasteiger partial charge in [0.1, 0.15) is 103 Å². The molecule has 148 heavy (non-hydrogen) atoms. The number of benzene rings is 2. The molecule has 2 unspecified atom stereocenters. The van der Waals surface area contributed by atoms with Crippen molar-refractivity contribution >= 4 is 123 Å². The number of amidine groups is 2. The molecule has 0 radical (unpaired) electrons. The number of aliphatic hydroxyl groups excluding tert-OH is 11. The third-order valence-electron chi connectivity index (χ3n) is 25.9. The topological polar surface area (TPSA) is 583 Å². The molecule has 0 saturated carbocycles. The predicted octanol–water partition coefficient (Wildman–Crippen LogP) is 7.96. The summed E-state index contributed by atoms with van der Waals surface area (Å²) in [6.07, 6.45) is 25.0. The summed E-state index contributed by atoms with van der Waals surface area (Å²) in [6.45, 7) is 32.5. The lowest BCUT2D eigenvalue weighted by Crippen LogP contribution is -2.42. The molecule has 5 saturated heterocycles. The number of rotatable bonds is 36. The summed E-state index contributed by atoms with van der Waals surface area (Å²) in [7, 11) is 0. The van der Waals surface area contributed by atoms with Crippen LogP contribution in [0.5, 0.6) is 0 Å². The Kier molecular flexibility index (Phi) is 46.6. The zero-order chi connectivity index (χ0) is 109. The first kappa shape index (κ1) is 125. The van der Waals surface area contributed by atoms with Gasteiger partial charge in [-0.15, -0.1) is 71.8 Å². The molecule has 0 amide bonds. The molecule has 0 bridgehead atoms. The number of fused-ring (bicyclic) bond motifs is 3. The average molecular weight is 2220 g/mol. The van der Waals surface area contributed by atoms with E-state index < -0.39 is 181 Å². The minimum absolute atomic E-state index is 0. The molecule has 2 aromatic heterocycles. The number of nitrogens with zero attached hydrogens (tertiary/aromatic N) is 11. The lowest BCUT2D eigenvalue weighted by molar-refractivity contribution is -0.144. The van der Waals surface area contributed by atoms with Gasteiger partial charge in [0.15, 0.2) is 31.1 Å². The third-order valence-corrected chi connectivity index (χ3v) is 33.9. The first-order chi connectivity index (χ1) is 68.8. The zero-order valence-electron chi connectivity index (χ0n) is 86.9. The summed E-state index contributed by atoms with van der Waals surface area (Å²) in [4.78, 5) is 66.7. The smallest absolute Gasteiger partial charge is 0.481 e. The first-order valence-electron chi connectivity index (χ1n) is 49.2. The molecule has 0 spiro atoms. The molecule has 38 nitrogen and oxygen atoms in total. The molecule has 2 aromatic carbocycles. The maximum Gasteiger partial charge on any atom is 0.516 e. The minimum Gasteiger partial charge on any atom is -0.481 e. The predicted molar refractivity (Wildman–Crippen MR) is 603 cm³/mol. The molecule has 1 aliphatic carbocycles. The van der Waals surface area contributed by atoms with Crippen molar-refractivity contribution in [3.63, 3.8) is 0 Å². The van der Waals surface area contributed by atoms with Gasteiger partial charge in [0, 0.05) is 80.0 Å². The lowest BCUT2D eigenvalue weighted by atomic mass is 9.98. The summed E-state index contributed by atoms with van der Waals surface area (Å²) in [6, 6.07) is 19.2. The monoisotopic (exact) mass is 2220 g/mol. The minimum atomic E-state index is -1.32. The molecule has 10 heterocycles. The van der Waals surface area contributed by atoms with Crippen LogP contribution in [-0.2, 0) is 42.7 Å². The Balaban J connectivity index is 0.000000233. The molecule has 822 valence electrons. The van der Waals surface area contributed by atoms with Gasteiger partial charge in [-0.05, 0) is 219 Å². The van der Waals surface area contributed by atoms with Crippen molar-refractivity contribution in [1.82, 2.24) is 33.8 Å². The van der Waals surface area contributed by atoms with Crippen LogP contribution in [0.1, 0.15) is 135 Å². The molecule has 22 N–H and O–H groups in total. The number of carboxylic acid groups (broad SMARTS) is 1. The number of anilines is 2. The van der Waals surface area contributed by atoms with Gasteiger partial charge in [-0.3, -0.25) is 28.7 Å². The quantitative estimate of drug-likeness (QED) is 0.00674. The Morgan fingerprint density at radius 2 is 0.858 bits per heavy atom. The van der Waals surface area contributed by atoms with E-state index in [9.17, 15) is 65.4 Å². The highest BCUT2D eigenvalue weighted by atomic mass is 79.9. The molecule has 5 fully saturated rings. The van der Waals surface area contributed by atoms with E-state index in [4.69, 9.17) is 72.0 Å². The van der Waals surface area contributed by atoms with Gasteiger partial charge in [-0.25, -0.2) is 14.8 Å². The highest BCUT2D eigenvalue weighted by molar-refractivity contribution is 9.12. The van der Waals surface area contributed by atoms with Crippen molar-refractivity contribution in [2.24, 2.45) is 49.0 Å². The van der Waals surface area contributed by atoms with Crippen LogP contribution in [-0.4, -0.2) is 390 Å². The fraction of sp³-hybridized carbons (Fsp3) is 0.558. The van der Waals surface area contributed by atoms with Crippen LogP contribution in [0.15, 0.2) is 176 Å². The number of carbonyl (C=O) groups is 3. The first-order valence-corrected chi connectivity index (χ1v) is 65.2. The zero-order valence-corrected chi connectivity index (χ0v) is 93.0. The SMILES string of the molecule is C.C=C1C=C(N)C(Br)=CN1[C@@H]1O[C@H](CCP(=C)(C)C)[C@@H](O)[C@H]1O.C=C1N=C(N)C(C#CC)=CN1[C@@H]1O[C@H](CCP(=C)(C)C)[C@@H](O)[C@H]1O.C=C1N=C(N)C(CCO)=CN1[C@@H]1O[C@H](CCP(=C)(C)C)[C@@H](O)[C@H]1O.C=P(C)(C)CC[C@H]1O[C@@H](n2ccc(N)nc2=NCCCCC(C)C(=O)O)[C@H](O)[C@@H]1O.C=P(C)(C)CC[C@H]1O[C@@H](n2ccc(N)nc2=NCCCCC(C)C(=O)OC(=O)OCC2c3ccccc3-c3ccccc32)[C@H](O)[C@@H]1O.